The summed E-state index contributed by atoms with van der Waals surface area (Å²) in [7, 11) is 1.97. The van der Waals surface area contributed by atoms with E-state index in [1.165, 1.54) is 5.56 Å². The van der Waals surface area contributed by atoms with Gasteiger partial charge in [0.25, 0.3) is 0 Å². The molecule has 0 spiro atoms. The third-order valence-electron chi connectivity index (χ3n) is 3.20. The summed E-state index contributed by atoms with van der Waals surface area (Å²) in [6, 6.07) is 15.2. The molecule has 1 N–H and O–H groups in total. The van der Waals surface area contributed by atoms with E-state index in [1.807, 2.05) is 25.2 Å². The summed E-state index contributed by atoms with van der Waals surface area (Å²) in [5.74, 6) is -1.01. The number of carboxylic acid groups (broad SMARTS) is 1. The van der Waals surface area contributed by atoms with Crippen molar-refractivity contribution < 1.29 is 9.90 Å². The molecule has 0 amide bonds. The summed E-state index contributed by atoms with van der Waals surface area (Å²) in [5.41, 5.74) is 2.32. The molecule has 4 heteroatoms. The molecular weight excluding hydrogens is 274 g/mol. The lowest BCUT2D eigenvalue weighted by molar-refractivity contribution is 0.0697. The first-order valence-electron chi connectivity index (χ1n) is 6.36. The summed E-state index contributed by atoms with van der Waals surface area (Å²) in [6.45, 7) is 0.840. The highest BCUT2D eigenvalue weighted by molar-refractivity contribution is 6.33. The number of nitrogens with zero attached hydrogens (tertiary/aromatic N) is 1. The molecule has 0 saturated carbocycles. The minimum absolute atomic E-state index is 0.131. The van der Waals surface area contributed by atoms with Gasteiger partial charge in [-0.1, -0.05) is 41.9 Å². The number of hydrogen-bond acceptors (Lipinski definition) is 2. The molecule has 0 fully saturated rings. The SMILES string of the molecule is CN(CCc1ccccc1)c1ccc(C(=O)O)c(Cl)c1. The fourth-order valence-electron chi connectivity index (χ4n) is 1.99. The van der Waals surface area contributed by atoms with E-state index in [0.717, 1.165) is 18.7 Å². The van der Waals surface area contributed by atoms with Crippen LogP contribution in [0, 0.1) is 0 Å². The van der Waals surface area contributed by atoms with Crippen molar-refractivity contribution in [3.8, 4) is 0 Å². The number of likely N-dealkylation sites (N-methyl/N-ethyl adjacent to an activating group) is 1. The average Bonchev–Trinajstić information content (AvgIpc) is 2.45. The van der Waals surface area contributed by atoms with Gasteiger partial charge in [0, 0.05) is 19.3 Å². The molecule has 3 nitrogen and oxygen atoms in total. The Morgan fingerprint density at radius 3 is 2.50 bits per heavy atom. The lowest BCUT2D eigenvalue weighted by atomic mass is 10.1. The van der Waals surface area contributed by atoms with Crippen LogP contribution in [0.25, 0.3) is 0 Å². The van der Waals surface area contributed by atoms with Crippen molar-refractivity contribution in [2.24, 2.45) is 0 Å². The smallest absolute Gasteiger partial charge is 0.337 e. The van der Waals surface area contributed by atoms with Crippen LogP contribution >= 0.6 is 11.6 Å². The van der Waals surface area contributed by atoms with E-state index in [1.54, 1.807) is 18.2 Å². The average molecular weight is 290 g/mol. The third kappa shape index (κ3) is 3.52. The highest BCUT2D eigenvalue weighted by atomic mass is 35.5. The van der Waals surface area contributed by atoms with Crippen LogP contribution in [0.3, 0.4) is 0 Å². The van der Waals surface area contributed by atoms with Gasteiger partial charge in [-0.3, -0.25) is 0 Å². The quantitative estimate of drug-likeness (QED) is 0.912. The highest BCUT2D eigenvalue weighted by Gasteiger charge is 2.10. The second-order valence-corrected chi connectivity index (χ2v) is 5.03. The Labute approximate surface area is 123 Å². The van der Waals surface area contributed by atoms with Gasteiger partial charge < -0.3 is 10.0 Å². The number of benzene rings is 2. The first-order chi connectivity index (χ1) is 9.58. The van der Waals surface area contributed by atoms with E-state index < -0.39 is 5.97 Å². The van der Waals surface area contributed by atoms with Gasteiger partial charge in [0.2, 0.25) is 0 Å². The Bertz CT molecular complexity index is 599. The van der Waals surface area contributed by atoms with Crippen molar-refractivity contribution in [1.82, 2.24) is 0 Å². The van der Waals surface area contributed by atoms with E-state index >= 15 is 0 Å². The van der Waals surface area contributed by atoms with Crippen LogP contribution in [0.5, 0.6) is 0 Å². The Balaban J connectivity index is 2.04. The third-order valence-corrected chi connectivity index (χ3v) is 3.52. The lowest BCUT2D eigenvalue weighted by Crippen LogP contribution is -2.20. The van der Waals surface area contributed by atoms with Gasteiger partial charge in [-0.25, -0.2) is 4.79 Å². The first-order valence-corrected chi connectivity index (χ1v) is 6.73. The molecule has 0 unspecified atom stereocenters. The summed E-state index contributed by atoms with van der Waals surface area (Å²) < 4.78 is 0. The number of halogens is 1. The highest BCUT2D eigenvalue weighted by Crippen LogP contribution is 2.23. The van der Waals surface area contributed by atoms with Crippen molar-refractivity contribution in [3.63, 3.8) is 0 Å². The van der Waals surface area contributed by atoms with Crippen LogP contribution < -0.4 is 4.90 Å². The molecule has 2 aromatic carbocycles. The Kier molecular flexibility index (Phi) is 4.64. The minimum Gasteiger partial charge on any atom is -0.478 e. The van der Waals surface area contributed by atoms with E-state index in [9.17, 15) is 4.79 Å². The molecule has 0 aliphatic heterocycles. The number of aromatic carboxylic acids is 1. The van der Waals surface area contributed by atoms with Crippen molar-refractivity contribution >= 4 is 23.3 Å². The van der Waals surface area contributed by atoms with Crippen LogP contribution in [-0.2, 0) is 6.42 Å². The van der Waals surface area contributed by atoms with Crippen LogP contribution in [0.4, 0.5) is 5.69 Å². The summed E-state index contributed by atoms with van der Waals surface area (Å²) in [5, 5.41) is 9.21. The Hall–Kier alpha value is -2.00. The summed E-state index contributed by atoms with van der Waals surface area (Å²) in [4.78, 5) is 13.0. The number of carbonyl (C=O) groups is 1. The van der Waals surface area contributed by atoms with Gasteiger partial charge in [0.1, 0.15) is 0 Å². The molecule has 0 radical (unpaired) electrons. The molecule has 0 aliphatic carbocycles. The second-order valence-electron chi connectivity index (χ2n) is 4.63. The Morgan fingerprint density at radius 2 is 1.90 bits per heavy atom. The zero-order chi connectivity index (χ0) is 14.5. The molecule has 20 heavy (non-hydrogen) atoms. The van der Waals surface area contributed by atoms with Crippen molar-refractivity contribution in [1.29, 1.82) is 0 Å². The monoisotopic (exact) mass is 289 g/mol. The van der Waals surface area contributed by atoms with Gasteiger partial charge in [0.15, 0.2) is 0 Å². The molecule has 0 saturated heterocycles. The van der Waals surface area contributed by atoms with E-state index in [0.29, 0.717) is 0 Å². The zero-order valence-corrected chi connectivity index (χ0v) is 12.0. The van der Waals surface area contributed by atoms with Gasteiger partial charge in [-0.05, 0) is 30.2 Å². The molecule has 104 valence electrons. The predicted molar refractivity (Wildman–Crippen MR) is 81.8 cm³/mol. The molecule has 0 aromatic heterocycles. The van der Waals surface area contributed by atoms with Gasteiger partial charge in [-0.15, -0.1) is 0 Å². The summed E-state index contributed by atoms with van der Waals surface area (Å²) >= 11 is 5.98. The Morgan fingerprint density at radius 1 is 1.20 bits per heavy atom. The van der Waals surface area contributed by atoms with Crippen LogP contribution in [-0.4, -0.2) is 24.7 Å². The molecule has 0 atom stereocenters. The maximum Gasteiger partial charge on any atom is 0.337 e. The number of carboxylic acids is 1. The second kappa shape index (κ2) is 6.44. The van der Waals surface area contributed by atoms with Crippen molar-refractivity contribution in [2.75, 3.05) is 18.5 Å². The molecule has 0 aliphatic rings. The summed E-state index contributed by atoms with van der Waals surface area (Å²) in [6.07, 6.45) is 0.926. The largest absolute Gasteiger partial charge is 0.478 e. The van der Waals surface area contributed by atoms with Crippen molar-refractivity contribution in [3.05, 3.63) is 64.7 Å². The topological polar surface area (TPSA) is 40.5 Å². The van der Waals surface area contributed by atoms with Gasteiger partial charge in [-0.2, -0.15) is 0 Å². The molecule has 2 rings (SSSR count). The standard InChI is InChI=1S/C16H16ClNO2/c1-18(10-9-12-5-3-2-4-6-12)13-7-8-14(16(19)20)15(17)11-13/h2-8,11H,9-10H2,1H3,(H,19,20). The normalized spacial score (nSPS) is 10.3. The molecule has 2 aromatic rings. The number of hydrogen-bond donors (Lipinski definition) is 1. The molecule has 0 heterocycles. The maximum atomic E-state index is 10.9. The van der Waals surface area contributed by atoms with Crippen molar-refractivity contribution in [2.45, 2.75) is 6.42 Å². The van der Waals surface area contributed by atoms with Gasteiger partial charge >= 0.3 is 5.97 Å². The molecular formula is C16H16ClNO2. The van der Waals surface area contributed by atoms with Gasteiger partial charge in [0.05, 0.1) is 10.6 Å². The maximum absolute atomic E-state index is 10.9. The minimum atomic E-state index is -1.01. The fraction of sp³-hybridized carbons (Fsp3) is 0.188. The lowest BCUT2D eigenvalue weighted by Gasteiger charge is -2.20. The first kappa shape index (κ1) is 14.4. The number of anilines is 1. The van der Waals surface area contributed by atoms with Crippen LogP contribution in [0.2, 0.25) is 5.02 Å². The van der Waals surface area contributed by atoms with Crippen LogP contribution in [0.15, 0.2) is 48.5 Å². The van der Waals surface area contributed by atoms with E-state index in [-0.39, 0.29) is 10.6 Å². The van der Waals surface area contributed by atoms with Crippen LogP contribution in [0.1, 0.15) is 15.9 Å². The number of rotatable bonds is 5. The molecule has 0 bridgehead atoms. The fourth-order valence-corrected chi connectivity index (χ4v) is 2.24. The van der Waals surface area contributed by atoms with E-state index in [2.05, 4.69) is 17.0 Å². The zero-order valence-electron chi connectivity index (χ0n) is 11.2. The van der Waals surface area contributed by atoms with E-state index in [4.69, 9.17) is 16.7 Å². The predicted octanol–water partition coefficient (Wildman–Crippen LogP) is 3.72.